The molecule has 3 atom stereocenters. The van der Waals surface area contributed by atoms with Crippen molar-refractivity contribution in [2.45, 2.75) is 86.1 Å². The third-order valence-corrected chi connectivity index (χ3v) is 5.55. The summed E-state index contributed by atoms with van der Waals surface area (Å²) in [6, 6.07) is 0.730. The van der Waals surface area contributed by atoms with Crippen LogP contribution in [0.2, 0.25) is 0 Å². The zero-order chi connectivity index (χ0) is 15.1. The van der Waals surface area contributed by atoms with Crippen molar-refractivity contribution in [3.8, 4) is 0 Å². The van der Waals surface area contributed by atoms with E-state index >= 15 is 0 Å². The van der Waals surface area contributed by atoms with Gasteiger partial charge in [-0.25, -0.2) is 0 Å². The molecule has 0 aromatic heterocycles. The summed E-state index contributed by atoms with van der Waals surface area (Å²) in [6.07, 6.45) is 8.54. The van der Waals surface area contributed by atoms with E-state index in [1.807, 2.05) is 0 Å². The van der Waals surface area contributed by atoms with Crippen LogP contribution in [0.25, 0.3) is 0 Å². The van der Waals surface area contributed by atoms with Crippen LogP contribution < -0.4 is 0 Å². The Labute approximate surface area is 128 Å². The van der Waals surface area contributed by atoms with Crippen molar-refractivity contribution in [2.75, 3.05) is 13.1 Å². The van der Waals surface area contributed by atoms with E-state index in [2.05, 4.69) is 46.4 Å². The lowest BCUT2D eigenvalue weighted by molar-refractivity contribution is 0.190. The molecule has 0 radical (unpaired) electrons. The zero-order valence-corrected chi connectivity index (χ0v) is 15.0. The Morgan fingerprint density at radius 3 is 2.25 bits per heavy atom. The lowest BCUT2D eigenvalue weighted by Gasteiger charge is -2.31. The average molecular weight is 282 g/mol. The Hall–Kier alpha value is -0.0400. The highest BCUT2D eigenvalue weighted by Crippen LogP contribution is 2.34. The highest BCUT2D eigenvalue weighted by atomic mass is 15.1. The number of likely N-dealkylation sites (tertiary alicyclic amines) is 1. The second kappa shape index (κ2) is 9.07. The summed E-state index contributed by atoms with van der Waals surface area (Å²) in [6.45, 7) is 17.1. The monoisotopic (exact) mass is 281 g/mol. The van der Waals surface area contributed by atoms with Crippen molar-refractivity contribution in [3.05, 3.63) is 0 Å². The van der Waals surface area contributed by atoms with Crippen molar-refractivity contribution >= 4 is 0 Å². The molecule has 0 saturated carbocycles. The van der Waals surface area contributed by atoms with Gasteiger partial charge in [-0.3, -0.25) is 0 Å². The predicted molar refractivity (Wildman–Crippen MR) is 91.1 cm³/mol. The summed E-state index contributed by atoms with van der Waals surface area (Å²) >= 11 is 0. The molecule has 1 fully saturated rings. The van der Waals surface area contributed by atoms with E-state index in [4.69, 9.17) is 0 Å². The van der Waals surface area contributed by atoms with Crippen molar-refractivity contribution in [1.82, 2.24) is 4.90 Å². The van der Waals surface area contributed by atoms with E-state index in [0.717, 1.165) is 29.7 Å². The van der Waals surface area contributed by atoms with Gasteiger partial charge >= 0.3 is 0 Å². The van der Waals surface area contributed by atoms with Gasteiger partial charge in [-0.15, -0.1) is 0 Å². The second-order valence-corrected chi connectivity index (χ2v) is 7.84. The van der Waals surface area contributed by atoms with Crippen LogP contribution in [0.15, 0.2) is 0 Å². The Balaban J connectivity index is 2.52. The van der Waals surface area contributed by atoms with Crippen LogP contribution in [0.3, 0.4) is 0 Å². The molecule has 0 N–H and O–H groups in total. The summed E-state index contributed by atoms with van der Waals surface area (Å²) in [5, 5.41) is 0. The largest absolute Gasteiger partial charge is 0.301 e. The first-order valence-corrected chi connectivity index (χ1v) is 9.19. The maximum atomic E-state index is 2.68. The minimum Gasteiger partial charge on any atom is -0.301 e. The van der Waals surface area contributed by atoms with Crippen molar-refractivity contribution in [3.63, 3.8) is 0 Å². The van der Waals surface area contributed by atoms with Gasteiger partial charge in [-0.1, -0.05) is 40.5 Å². The third-order valence-electron chi connectivity index (χ3n) is 5.55. The Bertz CT molecular complexity index is 246. The highest BCUT2D eigenvalue weighted by molar-refractivity contribution is 4.78. The molecular formula is C19H39N. The minimum atomic E-state index is 0.730. The molecule has 20 heavy (non-hydrogen) atoms. The summed E-state index contributed by atoms with van der Waals surface area (Å²) in [5.41, 5.74) is 0. The normalized spacial score (nSPS) is 24.9. The molecule has 1 rings (SSSR count). The van der Waals surface area contributed by atoms with Gasteiger partial charge in [-0.2, -0.15) is 0 Å². The number of nitrogens with zero attached hydrogens (tertiary/aromatic N) is 1. The molecule has 0 spiro atoms. The molecule has 120 valence electrons. The van der Waals surface area contributed by atoms with Crippen LogP contribution in [0.5, 0.6) is 0 Å². The van der Waals surface area contributed by atoms with Crippen LogP contribution >= 0.6 is 0 Å². The first-order valence-electron chi connectivity index (χ1n) is 9.19. The van der Waals surface area contributed by atoms with Crippen LogP contribution in [0.4, 0.5) is 0 Å². The van der Waals surface area contributed by atoms with Crippen LogP contribution in [-0.2, 0) is 0 Å². The molecule has 0 aromatic carbocycles. The number of hydrogen-bond donors (Lipinski definition) is 0. The average Bonchev–Trinajstić information content (AvgIpc) is 2.61. The van der Waals surface area contributed by atoms with Crippen molar-refractivity contribution in [1.29, 1.82) is 0 Å². The fourth-order valence-electron chi connectivity index (χ4n) is 4.16. The van der Waals surface area contributed by atoms with Gasteiger partial charge in [-0.05, 0) is 76.3 Å². The standard InChI is InChI=1S/C19H39N/c1-7-9-17(6)19(15(2)3)14-18-10-8-12-20(13-11-18)16(4)5/h15-19H,7-14H2,1-6H3/t17-,18?,19?/m0/s1. The van der Waals surface area contributed by atoms with E-state index in [1.165, 1.54) is 51.6 Å². The Morgan fingerprint density at radius 1 is 1.00 bits per heavy atom. The molecule has 0 amide bonds. The van der Waals surface area contributed by atoms with Crippen molar-refractivity contribution in [2.24, 2.45) is 23.7 Å². The smallest absolute Gasteiger partial charge is 0.00385 e. The van der Waals surface area contributed by atoms with Crippen LogP contribution in [0.1, 0.15) is 80.1 Å². The zero-order valence-electron chi connectivity index (χ0n) is 15.0. The predicted octanol–water partition coefficient (Wildman–Crippen LogP) is 5.60. The van der Waals surface area contributed by atoms with Crippen molar-refractivity contribution < 1.29 is 0 Å². The third kappa shape index (κ3) is 5.76. The second-order valence-electron chi connectivity index (χ2n) is 7.84. The number of hydrogen-bond acceptors (Lipinski definition) is 1. The highest BCUT2D eigenvalue weighted by Gasteiger charge is 2.26. The quantitative estimate of drug-likeness (QED) is 0.587. The first kappa shape index (κ1) is 18.0. The van der Waals surface area contributed by atoms with E-state index < -0.39 is 0 Å². The lowest BCUT2D eigenvalue weighted by atomic mass is 9.75. The van der Waals surface area contributed by atoms with E-state index in [0.29, 0.717) is 0 Å². The molecule has 1 aliphatic heterocycles. The summed E-state index contributed by atoms with van der Waals surface area (Å²) < 4.78 is 0. The SMILES string of the molecule is CCC[C@H](C)C(CC1CCCN(C(C)C)CC1)C(C)C. The summed E-state index contributed by atoms with van der Waals surface area (Å²) in [7, 11) is 0. The summed E-state index contributed by atoms with van der Waals surface area (Å²) in [4.78, 5) is 2.68. The van der Waals surface area contributed by atoms with Gasteiger partial charge in [0.05, 0.1) is 0 Å². The fourth-order valence-corrected chi connectivity index (χ4v) is 4.16. The molecule has 1 nitrogen and oxygen atoms in total. The molecule has 0 aliphatic carbocycles. The fraction of sp³-hybridized carbons (Fsp3) is 1.00. The number of rotatable bonds is 7. The Morgan fingerprint density at radius 2 is 1.70 bits per heavy atom. The van der Waals surface area contributed by atoms with Crippen LogP contribution in [-0.4, -0.2) is 24.0 Å². The maximum Gasteiger partial charge on any atom is 0.00385 e. The molecule has 0 aromatic rings. The van der Waals surface area contributed by atoms with Gasteiger partial charge in [0.15, 0.2) is 0 Å². The van der Waals surface area contributed by atoms with E-state index in [9.17, 15) is 0 Å². The molecule has 1 aliphatic rings. The lowest BCUT2D eigenvalue weighted by Crippen LogP contribution is -2.31. The molecule has 1 heteroatoms. The maximum absolute atomic E-state index is 2.68. The summed E-state index contributed by atoms with van der Waals surface area (Å²) in [5.74, 6) is 3.67. The van der Waals surface area contributed by atoms with Crippen LogP contribution in [0, 0.1) is 23.7 Å². The molecular weight excluding hydrogens is 242 g/mol. The minimum absolute atomic E-state index is 0.730. The van der Waals surface area contributed by atoms with Gasteiger partial charge in [0, 0.05) is 6.04 Å². The van der Waals surface area contributed by atoms with Gasteiger partial charge in [0.25, 0.3) is 0 Å². The van der Waals surface area contributed by atoms with E-state index in [-0.39, 0.29) is 0 Å². The van der Waals surface area contributed by atoms with Gasteiger partial charge in [0.2, 0.25) is 0 Å². The molecule has 1 saturated heterocycles. The molecule has 2 unspecified atom stereocenters. The van der Waals surface area contributed by atoms with E-state index in [1.54, 1.807) is 0 Å². The van der Waals surface area contributed by atoms with Gasteiger partial charge in [0.1, 0.15) is 0 Å². The molecule has 0 bridgehead atoms. The van der Waals surface area contributed by atoms with Gasteiger partial charge < -0.3 is 4.90 Å². The topological polar surface area (TPSA) is 3.24 Å². The first-order chi connectivity index (χ1) is 9.45. The molecule has 1 heterocycles. The Kier molecular flexibility index (Phi) is 8.17.